The van der Waals surface area contributed by atoms with Crippen molar-refractivity contribution in [2.45, 2.75) is 6.61 Å². The Morgan fingerprint density at radius 2 is 2.14 bits per heavy atom. The second-order valence-electron chi connectivity index (χ2n) is 2.31. The van der Waals surface area contributed by atoms with Gasteiger partial charge in [-0.05, 0) is 12.1 Å². The summed E-state index contributed by atoms with van der Waals surface area (Å²) in [6.07, 6.45) is 0.849. The lowest BCUT2D eigenvalue weighted by Gasteiger charge is -2.04. The first-order valence-electron chi connectivity index (χ1n) is 3.55. The number of halogens is 3. The zero-order chi connectivity index (χ0) is 10.6. The van der Waals surface area contributed by atoms with Crippen LogP contribution in [0.15, 0.2) is 23.4 Å². The van der Waals surface area contributed by atoms with Crippen molar-refractivity contribution in [3.8, 4) is 5.75 Å². The molecule has 0 aromatic heterocycles. The summed E-state index contributed by atoms with van der Waals surface area (Å²) in [6.45, 7) is -2.99. The Morgan fingerprint density at radius 3 is 2.64 bits per heavy atom. The quantitative estimate of drug-likeness (QED) is 0.467. The summed E-state index contributed by atoms with van der Waals surface area (Å²) in [7, 11) is 0. The highest BCUT2D eigenvalue weighted by atomic mass is 19.3. The summed E-state index contributed by atoms with van der Waals surface area (Å²) in [6, 6.07) is 3.09. The topological polar surface area (TPSA) is 41.8 Å². The molecule has 1 aromatic rings. The molecule has 1 N–H and O–H groups in total. The molecular formula is C8H6F3NO2. The zero-order valence-corrected chi connectivity index (χ0v) is 6.82. The van der Waals surface area contributed by atoms with Gasteiger partial charge < -0.3 is 9.94 Å². The van der Waals surface area contributed by atoms with Crippen LogP contribution in [0.1, 0.15) is 5.56 Å². The molecule has 0 saturated heterocycles. The number of nitrogens with zero attached hydrogens (tertiary/aromatic N) is 1. The minimum absolute atomic E-state index is 0.0193. The molecule has 6 heteroatoms. The van der Waals surface area contributed by atoms with Gasteiger partial charge in [-0.2, -0.15) is 8.78 Å². The number of oxime groups is 1. The van der Waals surface area contributed by atoms with E-state index in [2.05, 4.69) is 9.89 Å². The van der Waals surface area contributed by atoms with Gasteiger partial charge in [-0.25, -0.2) is 4.39 Å². The predicted octanol–water partition coefficient (Wildman–Crippen LogP) is 2.24. The number of alkyl halides is 2. The molecule has 0 fully saturated rings. The van der Waals surface area contributed by atoms with E-state index in [-0.39, 0.29) is 11.3 Å². The first-order chi connectivity index (χ1) is 6.63. The van der Waals surface area contributed by atoms with Crippen LogP contribution < -0.4 is 4.74 Å². The largest absolute Gasteiger partial charge is 0.435 e. The van der Waals surface area contributed by atoms with Gasteiger partial charge in [0, 0.05) is 11.6 Å². The first kappa shape index (κ1) is 10.4. The van der Waals surface area contributed by atoms with E-state index in [0.29, 0.717) is 0 Å². The lowest BCUT2D eigenvalue weighted by molar-refractivity contribution is -0.0499. The van der Waals surface area contributed by atoms with Gasteiger partial charge in [0.15, 0.2) is 0 Å². The molecule has 0 saturated carbocycles. The van der Waals surface area contributed by atoms with Crippen molar-refractivity contribution in [3.63, 3.8) is 0 Å². The number of hydrogen-bond acceptors (Lipinski definition) is 3. The Balaban J connectivity index is 2.88. The molecule has 0 unspecified atom stereocenters. The zero-order valence-electron chi connectivity index (χ0n) is 6.82. The fourth-order valence-electron chi connectivity index (χ4n) is 0.851. The number of ether oxygens (including phenoxy) is 1. The predicted molar refractivity (Wildman–Crippen MR) is 42.4 cm³/mol. The van der Waals surface area contributed by atoms with Gasteiger partial charge in [-0.1, -0.05) is 5.16 Å². The average molecular weight is 205 g/mol. The van der Waals surface area contributed by atoms with Gasteiger partial charge in [0.2, 0.25) is 0 Å². The standard InChI is InChI=1S/C8H6F3NO2/c9-7-3-6(14-8(10)11)2-1-5(7)4-12-13/h1-4,8,13H/b12-4-. The molecule has 0 spiro atoms. The molecule has 76 valence electrons. The maximum absolute atomic E-state index is 13.0. The molecule has 14 heavy (non-hydrogen) atoms. The van der Waals surface area contributed by atoms with E-state index in [0.717, 1.165) is 24.4 Å². The molecule has 0 aliphatic rings. The van der Waals surface area contributed by atoms with Crippen molar-refractivity contribution in [3.05, 3.63) is 29.6 Å². The summed E-state index contributed by atoms with van der Waals surface area (Å²) >= 11 is 0. The van der Waals surface area contributed by atoms with Gasteiger partial charge in [0.05, 0.1) is 6.21 Å². The Labute approximate surface area is 77.4 Å². The van der Waals surface area contributed by atoms with E-state index in [9.17, 15) is 13.2 Å². The van der Waals surface area contributed by atoms with Crippen LogP contribution in [0.25, 0.3) is 0 Å². The fraction of sp³-hybridized carbons (Fsp3) is 0.125. The van der Waals surface area contributed by atoms with Crippen LogP contribution >= 0.6 is 0 Å². The lowest BCUT2D eigenvalue weighted by atomic mass is 10.2. The summed E-state index contributed by atoms with van der Waals surface area (Å²) in [4.78, 5) is 0. The highest BCUT2D eigenvalue weighted by molar-refractivity contribution is 5.79. The van der Waals surface area contributed by atoms with Crippen molar-refractivity contribution in [2.24, 2.45) is 5.16 Å². The lowest BCUT2D eigenvalue weighted by Crippen LogP contribution is -2.02. The maximum atomic E-state index is 13.0. The second kappa shape index (κ2) is 4.50. The van der Waals surface area contributed by atoms with Crippen LogP contribution in [0.5, 0.6) is 5.75 Å². The van der Waals surface area contributed by atoms with Gasteiger partial charge in [0.25, 0.3) is 0 Å². The van der Waals surface area contributed by atoms with Crippen molar-refractivity contribution in [2.75, 3.05) is 0 Å². The summed E-state index contributed by atoms with van der Waals surface area (Å²) in [5.41, 5.74) is -0.0193. The van der Waals surface area contributed by atoms with E-state index < -0.39 is 12.4 Å². The molecule has 3 nitrogen and oxygen atoms in total. The van der Waals surface area contributed by atoms with Crippen LogP contribution in [0.3, 0.4) is 0 Å². The van der Waals surface area contributed by atoms with Crippen LogP contribution in [0, 0.1) is 5.82 Å². The van der Waals surface area contributed by atoms with Crippen LogP contribution in [-0.2, 0) is 0 Å². The van der Waals surface area contributed by atoms with Crippen LogP contribution in [0.2, 0.25) is 0 Å². The molecule has 0 amide bonds. The van der Waals surface area contributed by atoms with Gasteiger partial charge in [-0.3, -0.25) is 0 Å². The molecule has 0 aliphatic carbocycles. The number of benzene rings is 1. The molecule has 0 radical (unpaired) electrons. The Morgan fingerprint density at radius 1 is 1.43 bits per heavy atom. The molecular weight excluding hydrogens is 199 g/mol. The maximum Gasteiger partial charge on any atom is 0.387 e. The summed E-state index contributed by atoms with van der Waals surface area (Å²) in [5, 5.41) is 10.7. The smallest absolute Gasteiger partial charge is 0.387 e. The molecule has 1 rings (SSSR count). The van der Waals surface area contributed by atoms with E-state index in [1.165, 1.54) is 0 Å². The highest BCUT2D eigenvalue weighted by Gasteiger charge is 2.07. The SMILES string of the molecule is O/N=C\c1ccc(OC(F)F)cc1F. The normalized spacial score (nSPS) is 11.1. The Hall–Kier alpha value is -1.72. The van der Waals surface area contributed by atoms with Gasteiger partial charge in [0.1, 0.15) is 11.6 Å². The Bertz CT molecular complexity index is 341. The van der Waals surface area contributed by atoms with Crippen molar-refractivity contribution >= 4 is 6.21 Å². The van der Waals surface area contributed by atoms with Gasteiger partial charge in [-0.15, -0.1) is 0 Å². The molecule has 0 heterocycles. The first-order valence-corrected chi connectivity index (χ1v) is 3.55. The molecule has 0 atom stereocenters. The molecule has 1 aromatic carbocycles. The minimum Gasteiger partial charge on any atom is -0.435 e. The monoisotopic (exact) mass is 205 g/mol. The second-order valence-corrected chi connectivity index (χ2v) is 2.31. The highest BCUT2D eigenvalue weighted by Crippen LogP contribution is 2.17. The van der Waals surface area contributed by atoms with Crippen molar-refractivity contribution < 1.29 is 23.1 Å². The van der Waals surface area contributed by atoms with E-state index >= 15 is 0 Å². The Kier molecular flexibility index (Phi) is 3.33. The van der Waals surface area contributed by atoms with Crippen molar-refractivity contribution in [1.82, 2.24) is 0 Å². The fourth-order valence-corrected chi connectivity index (χ4v) is 0.851. The van der Waals surface area contributed by atoms with Crippen LogP contribution in [-0.4, -0.2) is 18.0 Å². The molecule has 0 bridgehead atoms. The van der Waals surface area contributed by atoms with Gasteiger partial charge >= 0.3 is 6.61 Å². The van der Waals surface area contributed by atoms with E-state index in [4.69, 9.17) is 5.21 Å². The number of hydrogen-bond donors (Lipinski definition) is 1. The van der Waals surface area contributed by atoms with E-state index in [1.54, 1.807) is 0 Å². The average Bonchev–Trinajstić information content (AvgIpc) is 2.09. The van der Waals surface area contributed by atoms with Crippen LogP contribution in [0.4, 0.5) is 13.2 Å². The third-order valence-corrected chi connectivity index (χ3v) is 1.39. The van der Waals surface area contributed by atoms with Crippen molar-refractivity contribution in [1.29, 1.82) is 0 Å². The minimum atomic E-state index is -2.99. The summed E-state index contributed by atoms with van der Waals surface area (Å²) < 4.78 is 40.3. The van der Waals surface area contributed by atoms with E-state index in [1.807, 2.05) is 0 Å². The third-order valence-electron chi connectivity index (χ3n) is 1.39. The summed E-state index contributed by atoms with van der Waals surface area (Å²) in [5.74, 6) is -1.09. The number of rotatable bonds is 3. The third kappa shape index (κ3) is 2.65. The molecule has 0 aliphatic heterocycles.